The van der Waals surface area contributed by atoms with Crippen LogP contribution in [0, 0.1) is 5.82 Å². The molecule has 1 atom stereocenters. The fraction of sp³-hybridized carbons (Fsp3) is 0.200. The molecule has 0 bridgehead atoms. The molecular formula is C20H18FN3O4S. The van der Waals surface area contributed by atoms with E-state index < -0.39 is 16.7 Å². The summed E-state index contributed by atoms with van der Waals surface area (Å²) in [6, 6.07) is 10.6. The van der Waals surface area contributed by atoms with Crippen molar-refractivity contribution in [3.05, 3.63) is 65.1 Å². The van der Waals surface area contributed by atoms with Gasteiger partial charge >= 0.3 is 0 Å². The molecule has 1 amide bonds. The first-order chi connectivity index (χ1) is 14.0. The molecule has 3 aromatic rings. The summed E-state index contributed by atoms with van der Waals surface area (Å²) in [4.78, 5) is 13.0. The van der Waals surface area contributed by atoms with E-state index in [1.165, 1.54) is 31.0 Å². The fourth-order valence-electron chi connectivity index (χ4n) is 3.19. The molecule has 2 aromatic carbocycles. The van der Waals surface area contributed by atoms with Crippen molar-refractivity contribution in [2.75, 3.05) is 19.5 Å². The van der Waals surface area contributed by atoms with Crippen LogP contribution in [-0.4, -0.2) is 34.1 Å². The fourth-order valence-corrected chi connectivity index (χ4v) is 4.45. The molecule has 29 heavy (non-hydrogen) atoms. The molecule has 0 radical (unpaired) electrons. The summed E-state index contributed by atoms with van der Waals surface area (Å²) in [6.07, 6.45) is 0. The number of anilines is 1. The lowest BCUT2D eigenvalue weighted by Gasteiger charge is -2.13. The Hall–Kier alpha value is -3.20. The number of methoxy groups -OCH3 is 2. The highest BCUT2D eigenvalue weighted by molar-refractivity contribution is 7.83. The van der Waals surface area contributed by atoms with Crippen LogP contribution in [0.4, 0.5) is 10.2 Å². The van der Waals surface area contributed by atoms with E-state index in [1.54, 1.807) is 30.3 Å². The first-order valence-electron chi connectivity index (χ1n) is 8.75. The van der Waals surface area contributed by atoms with E-state index in [4.69, 9.17) is 9.47 Å². The van der Waals surface area contributed by atoms with E-state index in [-0.39, 0.29) is 5.82 Å². The number of nitrogens with one attached hydrogen (secondary N) is 1. The van der Waals surface area contributed by atoms with E-state index in [0.29, 0.717) is 51.3 Å². The maximum Gasteiger partial charge on any atom is 0.260 e. The van der Waals surface area contributed by atoms with Crippen molar-refractivity contribution in [3.8, 4) is 17.2 Å². The molecule has 7 nitrogen and oxygen atoms in total. The Labute approximate surface area is 168 Å². The third-order valence-corrected chi connectivity index (χ3v) is 5.83. The van der Waals surface area contributed by atoms with E-state index in [0.717, 1.165) is 0 Å². The van der Waals surface area contributed by atoms with E-state index in [1.807, 2.05) is 0 Å². The quantitative estimate of drug-likeness (QED) is 0.693. The number of amides is 1. The second-order valence-electron chi connectivity index (χ2n) is 6.41. The standard InChI is InChI=1S/C20H18FN3O4S/c1-27-14-7-8-15(18(9-14)28-2)20(25)22-19-16-10-29(26)11-17(16)23-24(19)13-5-3-12(21)4-6-13/h3-9H,10-11H2,1-2H3,(H,22,25)/t29-/m1/s1. The third kappa shape index (κ3) is 3.61. The van der Waals surface area contributed by atoms with Gasteiger partial charge in [0.25, 0.3) is 5.91 Å². The van der Waals surface area contributed by atoms with Crippen molar-refractivity contribution in [3.63, 3.8) is 0 Å². The van der Waals surface area contributed by atoms with Crippen LogP contribution in [0.3, 0.4) is 0 Å². The summed E-state index contributed by atoms with van der Waals surface area (Å²) in [7, 11) is 1.93. The molecular weight excluding hydrogens is 397 g/mol. The van der Waals surface area contributed by atoms with Gasteiger partial charge in [0.2, 0.25) is 0 Å². The number of nitrogens with zero attached hydrogens (tertiary/aromatic N) is 2. The monoisotopic (exact) mass is 415 g/mol. The van der Waals surface area contributed by atoms with Gasteiger partial charge in [-0.3, -0.25) is 9.00 Å². The lowest BCUT2D eigenvalue weighted by Crippen LogP contribution is -2.17. The Bertz CT molecular complexity index is 1110. The molecule has 0 spiro atoms. The van der Waals surface area contributed by atoms with Crippen molar-refractivity contribution < 1.29 is 22.9 Å². The number of benzene rings is 2. The minimum Gasteiger partial charge on any atom is -0.497 e. The second kappa shape index (κ2) is 7.67. The topological polar surface area (TPSA) is 82.5 Å². The van der Waals surface area contributed by atoms with Crippen LogP contribution in [0.1, 0.15) is 21.6 Å². The minimum absolute atomic E-state index is 0.298. The number of hydrogen-bond acceptors (Lipinski definition) is 5. The predicted molar refractivity (Wildman–Crippen MR) is 107 cm³/mol. The number of halogens is 1. The van der Waals surface area contributed by atoms with Gasteiger partial charge in [0.05, 0.1) is 42.7 Å². The summed E-state index contributed by atoms with van der Waals surface area (Å²) in [5.41, 5.74) is 2.27. The van der Waals surface area contributed by atoms with Gasteiger partial charge in [0.15, 0.2) is 0 Å². The summed E-state index contributed by atoms with van der Waals surface area (Å²) >= 11 is 0. The van der Waals surface area contributed by atoms with Gasteiger partial charge in [0, 0.05) is 22.4 Å². The van der Waals surface area contributed by atoms with Gasteiger partial charge in [-0.1, -0.05) is 0 Å². The summed E-state index contributed by atoms with van der Waals surface area (Å²) in [5, 5.41) is 7.36. The maximum atomic E-state index is 13.3. The molecule has 1 N–H and O–H groups in total. The van der Waals surface area contributed by atoms with Crippen molar-refractivity contribution >= 4 is 22.5 Å². The highest BCUT2D eigenvalue weighted by Crippen LogP contribution is 2.32. The van der Waals surface area contributed by atoms with Crippen molar-refractivity contribution in [1.82, 2.24) is 9.78 Å². The molecule has 1 aliphatic heterocycles. The predicted octanol–water partition coefficient (Wildman–Crippen LogP) is 3.04. The zero-order valence-electron chi connectivity index (χ0n) is 15.8. The van der Waals surface area contributed by atoms with Gasteiger partial charge in [-0.25, -0.2) is 9.07 Å². The molecule has 0 unspecified atom stereocenters. The largest absolute Gasteiger partial charge is 0.497 e. The van der Waals surface area contributed by atoms with Crippen molar-refractivity contribution in [2.24, 2.45) is 0 Å². The molecule has 4 rings (SSSR count). The zero-order chi connectivity index (χ0) is 20.5. The third-order valence-electron chi connectivity index (χ3n) is 4.63. The van der Waals surface area contributed by atoms with Crippen LogP contribution in [0.25, 0.3) is 5.69 Å². The molecule has 1 aliphatic rings. The SMILES string of the molecule is COc1ccc(C(=O)Nc2c3c(nn2-c2ccc(F)cc2)C[S@](=O)C3)c(OC)c1. The maximum absolute atomic E-state index is 13.3. The average molecular weight is 415 g/mol. The van der Waals surface area contributed by atoms with E-state index in [9.17, 15) is 13.4 Å². The van der Waals surface area contributed by atoms with Gasteiger partial charge in [-0.05, 0) is 36.4 Å². The summed E-state index contributed by atoms with van der Waals surface area (Å²) < 4.78 is 37.3. The normalized spacial score (nSPS) is 15.1. The Balaban J connectivity index is 1.74. The van der Waals surface area contributed by atoms with Gasteiger partial charge in [0.1, 0.15) is 23.1 Å². The van der Waals surface area contributed by atoms with Crippen molar-refractivity contribution in [1.29, 1.82) is 0 Å². The number of carbonyl (C=O) groups excluding carboxylic acids is 1. The molecule has 2 heterocycles. The van der Waals surface area contributed by atoms with Gasteiger partial charge in [-0.2, -0.15) is 5.10 Å². The number of aromatic nitrogens is 2. The average Bonchev–Trinajstić information content (AvgIpc) is 3.24. The van der Waals surface area contributed by atoms with Crippen LogP contribution in [-0.2, 0) is 22.3 Å². The van der Waals surface area contributed by atoms with Crippen molar-refractivity contribution in [2.45, 2.75) is 11.5 Å². The van der Waals surface area contributed by atoms with E-state index >= 15 is 0 Å². The minimum atomic E-state index is -1.06. The smallest absolute Gasteiger partial charge is 0.260 e. The molecule has 1 aromatic heterocycles. The molecule has 0 aliphatic carbocycles. The highest BCUT2D eigenvalue weighted by atomic mass is 32.2. The highest BCUT2D eigenvalue weighted by Gasteiger charge is 2.29. The molecule has 9 heteroatoms. The number of carbonyl (C=O) groups is 1. The first kappa shape index (κ1) is 19.1. The first-order valence-corrected chi connectivity index (χ1v) is 10.2. The number of rotatable bonds is 5. The van der Waals surface area contributed by atoms with Gasteiger partial charge < -0.3 is 14.8 Å². The summed E-state index contributed by atoms with van der Waals surface area (Å²) in [5.74, 6) is 1.17. The Morgan fingerprint density at radius 2 is 1.90 bits per heavy atom. The van der Waals surface area contributed by atoms with Crippen LogP contribution < -0.4 is 14.8 Å². The van der Waals surface area contributed by atoms with Crippen LogP contribution >= 0.6 is 0 Å². The van der Waals surface area contributed by atoms with Crippen LogP contribution in [0.5, 0.6) is 11.5 Å². The van der Waals surface area contributed by atoms with Crippen LogP contribution in [0.2, 0.25) is 0 Å². The Morgan fingerprint density at radius 3 is 2.59 bits per heavy atom. The zero-order valence-corrected chi connectivity index (χ0v) is 16.6. The second-order valence-corrected chi connectivity index (χ2v) is 7.87. The number of fused-ring (bicyclic) bond motifs is 1. The lowest BCUT2D eigenvalue weighted by atomic mass is 10.1. The lowest BCUT2D eigenvalue weighted by molar-refractivity contribution is 0.102. The molecule has 0 saturated carbocycles. The Morgan fingerprint density at radius 1 is 1.14 bits per heavy atom. The van der Waals surface area contributed by atoms with Gasteiger partial charge in [-0.15, -0.1) is 0 Å². The number of hydrogen-bond donors (Lipinski definition) is 1. The molecule has 150 valence electrons. The molecule has 0 fully saturated rings. The van der Waals surface area contributed by atoms with E-state index in [2.05, 4.69) is 10.4 Å². The molecule has 0 saturated heterocycles. The Kier molecular flexibility index (Phi) is 5.06. The summed E-state index contributed by atoms with van der Waals surface area (Å²) in [6.45, 7) is 0. The van der Waals surface area contributed by atoms with Crippen LogP contribution in [0.15, 0.2) is 42.5 Å². The number of ether oxygens (including phenoxy) is 2.